The van der Waals surface area contributed by atoms with Gasteiger partial charge in [-0.1, -0.05) is 160 Å². The summed E-state index contributed by atoms with van der Waals surface area (Å²) < 4.78 is 0. The summed E-state index contributed by atoms with van der Waals surface area (Å²) in [5.74, 6) is 2.96. The smallest absolute Gasteiger partial charge is 0.0686 e. The maximum Gasteiger partial charge on any atom is 0.117 e. The van der Waals surface area contributed by atoms with Gasteiger partial charge in [0.25, 0.3) is 0 Å². The highest BCUT2D eigenvalue weighted by Crippen LogP contribution is 2.36. The van der Waals surface area contributed by atoms with E-state index in [0.29, 0.717) is 0 Å². The van der Waals surface area contributed by atoms with E-state index in [9.17, 15) is 0 Å². The number of hydrogen-bond acceptors (Lipinski definition) is 0. The molecule has 0 aromatic rings. The van der Waals surface area contributed by atoms with Gasteiger partial charge < -0.3 is 0 Å². The summed E-state index contributed by atoms with van der Waals surface area (Å²) in [5, 5.41) is 0. The fourth-order valence-electron chi connectivity index (χ4n) is 5.74. The maximum atomic E-state index is 2.86. The van der Waals surface area contributed by atoms with Crippen LogP contribution in [-0.4, -0.2) is 7.28 Å². The zero-order valence-electron chi connectivity index (χ0n) is 18.9. The first-order valence-corrected chi connectivity index (χ1v) is 13.2. The van der Waals surface area contributed by atoms with E-state index in [1.807, 2.05) is 0 Å². The average Bonchev–Trinajstić information content (AvgIpc) is 2.66. The molecule has 2 fully saturated rings. The van der Waals surface area contributed by atoms with Crippen molar-refractivity contribution in [2.75, 3.05) is 0 Å². The molecule has 0 bridgehead atoms. The van der Waals surface area contributed by atoms with Gasteiger partial charge in [0.15, 0.2) is 0 Å². The minimum Gasteiger partial charge on any atom is -0.0686 e. The summed E-state index contributed by atoms with van der Waals surface area (Å²) in [7, 11) is 2.86. The summed E-state index contributed by atoms with van der Waals surface area (Å²) in [4.78, 5) is 0. The summed E-state index contributed by atoms with van der Waals surface area (Å²) in [6.07, 6.45) is 32.9. The van der Waals surface area contributed by atoms with Crippen LogP contribution in [0.4, 0.5) is 0 Å². The SMILES string of the molecule is CCCCCCCCC1CCCC([B]C2CCCCCCCCC2)CCC1. The molecule has 0 saturated heterocycles. The van der Waals surface area contributed by atoms with Crippen LogP contribution in [-0.2, 0) is 0 Å². The molecular formula is C26H50B. The van der Waals surface area contributed by atoms with E-state index in [-0.39, 0.29) is 0 Å². The largest absolute Gasteiger partial charge is 0.117 e. The highest BCUT2D eigenvalue weighted by atomic mass is 14.2. The van der Waals surface area contributed by atoms with E-state index in [4.69, 9.17) is 0 Å². The van der Waals surface area contributed by atoms with Crippen LogP contribution in [0.2, 0.25) is 11.6 Å². The lowest BCUT2D eigenvalue weighted by Gasteiger charge is -2.27. The van der Waals surface area contributed by atoms with Gasteiger partial charge in [0.2, 0.25) is 0 Å². The molecule has 0 N–H and O–H groups in total. The highest BCUT2D eigenvalue weighted by Gasteiger charge is 2.21. The van der Waals surface area contributed by atoms with Gasteiger partial charge in [-0.15, -0.1) is 0 Å². The molecule has 2 aliphatic carbocycles. The molecule has 2 aliphatic rings. The minimum atomic E-state index is 0.950. The lowest BCUT2D eigenvalue weighted by molar-refractivity contribution is 0.345. The lowest BCUT2D eigenvalue weighted by Crippen LogP contribution is -2.15. The molecule has 0 unspecified atom stereocenters. The molecule has 2 rings (SSSR count). The zero-order valence-corrected chi connectivity index (χ0v) is 18.9. The second kappa shape index (κ2) is 15.9. The third kappa shape index (κ3) is 11.6. The van der Waals surface area contributed by atoms with Crippen molar-refractivity contribution >= 4 is 7.28 Å². The topological polar surface area (TPSA) is 0 Å². The summed E-state index contributed by atoms with van der Waals surface area (Å²) in [5.41, 5.74) is 0. The van der Waals surface area contributed by atoms with Crippen molar-refractivity contribution in [1.82, 2.24) is 0 Å². The Kier molecular flexibility index (Phi) is 13.8. The first kappa shape index (κ1) is 23.3. The fraction of sp³-hybridized carbons (Fsp3) is 1.00. The van der Waals surface area contributed by atoms with Crippen LogP contribution in [0.3, 0.4) is 0 Å². The monoisotopic (exact) mass is 373 g/mol. The molecule has 1 heteroatoms. The molecule has 2 saturated carbocycles. The van der Waals surface area contributed by atoms with Crippen molar-refractivity contribution in [3.8, 4) is 0 Å². The van der Waals surface area contributed by atoms with E-state index in [0.717, 1.165) is 17.6 Å². The Morgan fingerprint density at radius 2 is 1.00 bits per heavy atom. The van der Waals surface area contributed by atoms with E-state index >= 15 is 0 Å². The molecule has 0 atom stereocenters. The molecule has 1 radical (unpaired) electrons. The first-order valence-electron chi connectivity index (χ1n) is 13.2. The Hall–Kier alpha value is 0.0649. The van der Waals surface area contributed by atoms with Gasteiger partial charge >= 0.3 is 0 Å². The lowest BCUT2D eigenvalue weighted by atomic mass is 9.49. The van der Waals surface area contributed by atoms with Gasteiger partial charge in [0.05, 0.1) is 0 Å². The molecule has 157 valence electrons. The maximum absolute atomic E-state index is 2.86. The van der Waals surface area contributed by atoms with E-state index in [2.05, 4.69) is 14.2 Å². The third-order valence-electron chi connectivity index (χ3n) is 7.53. The summed E-state index contributed by atoms with van der Waals surface area (Å²) in [6.45, 7) is 2.32. The molecule has 0 aromatic carbocycles. The quantitative estimate of drug-likeness (QED) is 0.279. The second-order valence-corrected chi connectivity index (χ2v) is 10.0. The van der Waals surface area contributed by atoms with Crippen molar-refractivity contribution in [2.45, 2.75) is 160 Å². The van der Waals surface area contributed by atoms with Crippen molar-refractivity contribution < 1.29 is 0 Å². The zero-order chi connectivity index (χ0) is 19.0. The van der Waals surface area contributed by atoms with E-state index < -0.39 is 0 Å². The predicted molar refractivity (Wildman–Crippen MR) is 124 cm³/mol. The van der Waals surface area contributed by atoms with Crippen LogP contribution in [0.15, 0.2) is 0 Å². The van der Waals surface area contributed by atoms with Crippen LogP contribution < -0.4 is 0 Å². The first-order chi connectivity index (χ1) is 13.4. The molecule has 0 heterocycles. The van der Waals surface area contributed by atoms with Crippen LogP contribution in [0.5, 0.6) is 0 Å². The molecule has 0 spiro atoms. The molecule has 27 heavy (non-hydrogen) atoms. The Labute approximate surface area is 173 Å². The number of rotatable bonds is 9. The fourth-order valence-corrected chi connectivity index (χ4v) is 5.74. The van der Waals surface area contributed by atoms with E-state index in [1.54, 1.807) is 0 Å². The van der Waals surface area contributed by atoms with Crippen molar-refractivity contribution in [1.29, 1.82) is 0 Å². The second-order valence-electron chi connectivity index (χ2n) is 10.0. The van der Waals surface area contributed by atoms with Crippen LogP contribution in [0.25, 0.3) is 0 Å². The average molecular weight is 373 g/mol. The van der Waals surface area contributed by atoms with Gasteiger partial charge in [-0.3, -0.25) is 0 Å². The normalized spacial score (nSPS) is 26.9. The van der Waals surface area contributed by atoms with Gasteiger partial charge in [-0.2, -0.15) is 0 Å². The molecule has 0 aromatic heterocycles. The minimum absolute atomic E-state index is 0.950. The standard InChI is InChI=1S/C26H50B/c1-2-3-4-5-9-12-17-24-18-15-22-26(23-16-19-24)27-25-20-13-10-7-6-8-11-14-21-25/h24-26H,2-23H2,1H3. The Morgan fingerprint density at radius 3 is 1.59 bits per heavy atom. The van der Waals surface area contributed by atoms with Gasteiger partial charge in [-0.25, -0.2) is 0 Å². The van der Waals surface area contributed by atoms with Crippen LogP contribution >= 0.6 is 0 Å². The number of unbranched alkanes of at least 4 members (excludes halogenated alkanes) is 5. The van der Waals surface area contributed by atoms with Crippen molar-refractivity contribution in [2.24, 2.45) is 5.92 Å². The Balaban J connectivity index is 1.59. The van der Waals surface area contributed by atoms with Crippen LogP contribution in [0.1, 0.15) is 148 Å². The van der Waals surface area contributed by atoms with Crippen molar-refractivity contribution in [3.05, 3.63) is 0 Å². The predicted octanol–water partition coefficient (Wildman–Crippen LogP) is 9.51. The third-order valence-corrected chi connectivity index (χ3v) is 7.53. The molecule has 0 amide bonds. The molecule has 0 aliphatic heterocycles. The molecular weight excluding hydrogens is 323 g/mol. The summed E-state index contributed by atoms with van der Waals surface area (Å²) in [6, 6.07) is 0. The van der Waals surface area contributed by atoms with Gasteiger partial charge in [0, 0.05) is 0 Å². The molecule has 0 nitrogen and oxygen atoms in total. The Bertz CT molecular complexity index is 306. The Morgan fingerprint density at radius 1 is 0.519 bits per heavy atom. The highest BCUT2D eigenvalue weighted by molar-refractivity contribution is 6.39. The van der Waals surface area contributed by atoms with Crippen LogP contribution in [0, 0.1) is 5.92 Å². The van der Waals surface area contributed by atoms with Crippen molar-refractivity contribution in [3.63, 3.8) is 0 Å². The van der Waals surface area contributed by atoms with Gasteiger partial charge in [-0.05, 0) is 5.92 Å². The van der Waals surface area contributed by atoms with Gasteiger partial charge in [0.1, 0.15) is 7.28 Å². The number of hydrogen-bond donors (Lipinski definition) is 0. The summed E-state index contributed by atoms with van der Waals surface area (Å²) >= 11 is 0. The van der Waals surface area contributed by atoms with E-state index in [1.165, 1.54) is 141 Å².